The van der Waals surface area contributed by atoms with Gasteiger partial charge in [-0.15, -0.1) is 0 Å². The lowest BCUT2D eigenvalue weighted by Gasteiger charge is -2.40. The Morgan fingerprint density at radius 1 is 0.467 bits per heavy atom. The molecule has 10 heteroatoms. The lowest BCUT2D eigenvalue weighted by Crippen LogP contribution is -2.60. The maximum atomic E-state index is 13.1. The zero-order valence-electron chi connectivity index (χ0n) is 48.9. The number of nitrogens with one attached hydrogen (secondary N) is 1. The molecule has 1 aliphatic rings. The van der Waals surface area contributed by atoms with Gasteiger partial charge in [0.25, 0.3) is 0 Å². The van der Waals surface area contributed by atoms with Crippen LogP contribution in [0.4, 0.5) is 0 Å². The Bertz CT molecular complexity index is 1290. The van der Waals surface area contributed by atoms with Crippen LogP contribution in [0, 0.1) is 0 Å². The van der Waals surface area contributed by atoms with Crippen molar-refractivity contribution in [1.29, 1.82) is 0 Å². The van der Waals surface area contributed by atoms with Crippen molar-refractivity contribution in [3.63, 3.8) is 0 Å². The molecule has 0 radical (unpaired) electrons. The summed E-state index contributed by atoms with van der Waals surface area (Å²) in [5.41, 5.74) is 0. The van der Waals surface area contributed by atoms with Crippen molar-refractivity contribution >= 4 is 5.91 Å². The molecule has 1 rings (SSSR count). The highest BCUT2D eigenvalue weighted by atomic mass is 16.7. The fourth-order valence-electron chi connectivity index (χ4n) is 10.4. The van der Waals surface area contributed by atoms with Crippen LogP contribution in [0.1, 0.15) is 309 Å². The molecule has 1 saturated heterocycles. The van der Waals surface area contributed by atoms with Gasteiger partial charge in [-0.25, -0.2) is 0 Å². The van der Waals surface area contributed by atoms with E-state index in [0.717, 1.165) is 51.4 Å². The van der Waals surface area contributed by atoms with E-state index in [4.69, 9.17) is 9.47 Å². The predicted molar refractivity (Wildman–Crippen MR) is 315 cm³/mol. The average molecular weight is 1060 g/mol. The van der Waals surface area contributed by atoms with Crippen LogP contribution in [-0.2, 0) is 14.3 Å². The summed E-state index contributed by atoms with van der Waals surface area (Å²) >= 11 is 0. The van der Waals surface area contributed by atoms with E-state index in [2.05, 4.69) is 43.5 Å². The molecule has 1 heterocycles. The van der Waals surface area contributed by atoms with Crippen molar-refractivity contribution in [2.45, 2.75) is 358 Å². The van der Waals surface area contributed by atoms with Crippen LogP contribution in [0.2, 0.25) is 0 Å². The number of ether oxygens (including phenoxy) is 2. The van der Waals surface area contributed by atoms with E-state index >= 15 is 0 Å². The summed E-state index contributed by atoms with van der Waals surface area (Å²) in [6.45, 7) is 3.64. The summed E-state index contributed by atoms with van der Waals surface area (Å²) < 4.78 is 11.2. The van der Waals surface area contributed by atoms with Crippen LogP contribution in [-0.4, -0.2) is 98.7 Å². The molecular formula is C65H123NO9. The van der Waals surface area contributed by atoms with E-state index in [9.17, 15) is 35.4 Å². The van der Waals surface area contributed by atoms with Crippen molar-refractivity contribution in [2.24, 2.45) is 0 Å². The molecule has 8 unspecified atom stereocenters. The molecule has 0 spiro atoms. The van der Waals surface area contributed by atoms with E-state index in [0.29, 0.717) is 6.42 Å². The molecule has 7 N–H and O–H groups in total. The summed E-state index contributed by atoms with van der Waals surface area (Å²) in [7, 11) is 0. The second kappa shape index (κ2) is 54.3. The minimum atomic E-state index is -1.61. The number of aliphatic hydroxyl groups excluding tert-OH is 6. The standard InChI is InChI=1S/C65H123NO9/c1-3-5-7-9-11-13-15-17-19-20-21-22-23-24-25-26-27-28-29-30-31-32-33-34-35-36-37-38-39-40-42-44-46-48-50-52-54-59(69)64(73)66-57(56-74-65-63(72)62(71)61(70)60(55-67)75-65)58(68)53-51-49-47-45-43-41-18-16-14-12-10-8-6-4-2/h25-26,28-29,51,53,57-63,65,67-72H,3-24,27,30-50,52,54-56H2,1-2H3,(H,66,73)/b26-25-,29-28-,53-51+. The van der Waals surface area contributed by atoms with E-state index < -0.39 is 61.5 Å². The van der Waals surface area contributed by atoms with Crippen molar-refractivity contribution < 1.29 is 44.9 Å². The molecule has 1 amide bonds. The topological polar surface area (TPSA) is 169 Å². The lowest BCUT2D eigenvalue weighted by atomic mass is 9.99. The SMILES string of the molecule is CCCCCCCCCCCCCC/C=C/C(O)C(COC1OC(CO)C(O)C(O)C1O)NC(=O)C(O)CCCCCCCCCCCCCCCCCC/C=C\C/C=C\CCCCCCCCCCCCCCC. The molecule has 1 aliphatic heterocycles. The monoisotopic (exact) mass is 1060 g/mol. The van der Waals surface area contributed by atoms with E-state index in [1.54, 1.807) is 6.08 Å². The largest absolute Gasteiger partial charge is 0.394 e. The Hall–Kier alpha value is -1.63. The fourth-order valence-corrected chi connectivity index (χ4v) is 10.4. The molecule has 0 aromatic rings. The minimum absolute atomic E-state index is 0.304. The molecule has 0 saturated carbocycles. The molecule has 10 nitrogen and oxygen atoms in total. The summed E-state index contributed by atoms with van der Waals surface area (Å²) in [5, 5.41) is 65.1. The molecule has 1 fully saturated rings. The first-order valence-electron chi connectivity index (χ1n) is 32.3. The maximum absolute atomic E-state index is 13.1. The molecule has 0 bridgehead atoms. The van der Waals surface area contributed by atoms with Gasteiger partial charge in [-0.3, -0.25) is 4.79 Å². The fraction of sp³-hybridized carbons (Fsp3) is 0.892. The van der Waals surface area contributed by atoms with Crippen LogP contribution in [0.15, 0.2) is 36.5 Å². The number of rotatable bonds is 56. The van der Waals surface area contributed by atoms with E-state index in [1.807, 2.05) is 6.08 Å². The van der Waals surface area contributed by atoms with Gasteiger partial charge >= 0.3 is 0 Å². The molecule has 442 valence electrons. The Balaban J connectivity index is 2.11. The number of allylic oxidation sites excluding steroid dienone is 5. The van der Waals surface area contributed by atoms with Gasteiger partial charge in [0.2, 0.25) is 5.91 Å². The summed E-state index contributed by atoms with van der Waals surface area (Å²) in [5.74, 6) is -0.613. The van der Waals surface area contributed by atoms with Crippen molar-refractivity contribution in [3.8, 4) is 0 Å². The van der Waals surface area contributed by atoms with Crippen LogP contribution < -0.4 is 5.32 Å². The number of aliphatic hydroxyl groups is 6. The molecule has 75 heavy (non-hydrogen) atoms. The zero-order valence-corrected chi connectivity index (χ0v) is 48.9. The van der Waals surface area contributed by atoms with Crippen molar-refractivity contribution in [1.82, 2.24) is 5.32 Å². The number of carbonyl (C=O) groups excluding carboxylic acids is 1. The highest BCUT2D eigenvalue weighted by molar-refractivity contribution is 5.80. The third kappa shape index (κ3) is 42.9. The first kappa shape index (κ1) is 71.4. The Morgan fingerprint density at radius 3 is 1.19 bits per heavy atom. The number of hydrogen-bond acceptors (Lipinski definition) is 9. The second-order valence-electron chi connectivity index (χ2n) is 22.7. The van der Waals surface area contributed by atoms with Gasteiger partial charge in [-0.2, -0.15) is 0 Å². The smallest absolute Gasteiger partial charge is 0.249 e. The number of hydrogen-bond donors (Lipinski definition) is 7. The molecule has 0 aromatic heterocycles. The average Bonchev–Trinajstić information content (AvgIpc) is 3.41. The Labute approximate surface area is 462 Å². The van der Waals surface area contributed by atoms with Crippen LogP contribution in [0.25, 0.3) is 0 Å². The Morgan fingerprint density at radius 2 is 0.813 bits per heavy atom. The summed E-state index contributed by atoms with van der Waals surface area (Å²) in [6.07, 6.45) is 61.4. The van der Waals surface area contributed by atoms with E-state index in [-0.39, 0.29) is 6.61 Å². The highest BCUT2D eigenvalue weighted by Gasteiger charge is 2.44. The van der Waals surface area contributed by atoms with Gasteiger partial charge in [0.05, 0.1) is 25.4 Å². The van der Waals surface area contributed by atoms with E-state index in [1.165, 1.54) is 238 Å². The van der Waals surface area contributed by atoms with Gasteiger partial charge in [0.1, 0.15) is 30.5 Å². The number of amides is 1. The Kier molecular flexibility index (Phi) is 51.7. The zero-order chi connectivity index (χ0) is 54.5. The minimum Gasteiger partial charge on any atom is -0.394 e. The third-order valence-electron chi connectivity index (χ3n) is 15.6. The van der Waals surface area contributed by atoms with Gasteiger partial charge in [-0.1, -0.05) is 294 Å². The first-order chi connectivity index (χ1) is 36.8. The predicted octanol–water partition coefficient (Wildman–Crippen LogP) is 15.7. The third-order valence-corrected chi connectivity index (χ3v) is 15.6. The normalized spacial score (nSPS) is 19.5. The molecule has 0 aliphatic carbocycles. The molecule has 8 atom stereocenters. The second-order valence-corrected chi connectivity index (χ2v) is 22.7. The van der Waals surface area contributed by atoms with Gasteiger partial charge < -0.3 is 45.4 Å². The number of carbonyl (C=O) groups is 1. The summed E-state index contributed by atoms with van der Waals surface area (Å²) in [4.78, 5) is 13.1. The van der Waals surface area contributed by atoms with Gasteiger partial charge in [0.15, 0.2) is 6.29 Å². The van der Waals surface area contributed by atoms with Crippen LogP contribution >= 0.6 is 0 Å². The van der Waals surface area contributed by atoms with Crippen LogP contribution in [0.5, 0.6) is 0 Å². The lowest BCUT2D eigenvalue weighted by molar-refractivity contribution is -0.302. The maximum Gasteiger partial charge on any atom is 0.249 e. The van der Waals surface area contributed by atoms with Crippen molar-refractivity contribution in [2.75, 3.05) is 13.2 Å². The first-order valence-corrected chi connectivity index (χ1v) is 32.3. The molecule has 0 aromatic carbocycles. The quantitative estimate of drug-likeness (QED) is 0.0232. The van der Waals surface area contributed by atoms with Gasteiger partial charge in [0, 0.05) is 0 Å². The number of unbranched alkanes of at least 4 members (excludes halogenated alkanes) is 41. The molecular weight excluding hydrogens is 939 g/mol. The van der Waals surface area contributed by atoms with Crippen molar-refractivity contribution in [3.05, 3.63) is 36.5 Å². The summed E-state index contributed by atoms with van der Waals surface area (Å²) in [6, 6.07) is -0.980. The highest BCUT2D eigenvalue weighted by Crippen LogP contribution is 2.23. The van der Waals surface area contributed by atoms with Gasteiger partial charge in [-0.05, 0) is 51.4 Å². The van der Waals surface area contributed by atoms with Crippen LogP contribution in [0.3, 0.4) is 0 Å².